The Bertz CT molecular complexity index is 946. The van der Waals surface area contributed by atoms with Crippen molar-refractivity contribution in [2.75, 3.05) is 6.79 Å². The lowest BCUT2D eigenvalue weighted by atomic mass is 9.93. The molecule has 0 saturated carbocycles. The molecule has 1 N–H and O–H groups in total. The third kappa shape index (κ3) is 2.91. The highest BCUT2D eigenvalue weighted by Gasteiger charge is 2.26. The second kappa shape index (κ2) is 5.81. The molecule has 0 aliphatic carbocycles. The fraction of sp³-hybridized carbons (Fsp3) is 0.263. The average Bonchev–Trinajstić information content (AvgIpc) is 3.21. The average molecular weight is 338 g/mol. The van der Waals surface area contributed by atoms with Crippen LogP contribution in [0.4, 0.5) is 0 Å². The zero-order chi connectivity index (χ0) is 17.4. The normalized spacial score (nSPS) is 13.2. The maximum atomic E-state index is 12.5. The molecule has 0 radical (unpaired) electrons. The molecule has 3 aromatic rings. The molecule has 128 valence electrons. The Morgan fingerprint density at radius 2 is 1.96 bits per heavy atom. The van der Waals surface area contributed by atoms with Gasteiger partial charge in [0.05, 0.1) is 12.0 Å². The molecule has 2 aromatic carbocycles. The van der Waals surface area contributed by atoms with Crippen LogP contribution in [0.5, 0.6) is 11.5 Å². The molecule has 1 aliphatic rings. The SMILES string of the molecule is CC(C)(NC(=O)Cc1noc2ccccc12)c1ccc2c(c1)OCO2. The minimum atomic E-state index is -0.558. The summed E-state index contributed by atoms with van der Waals surface area (Å²) in [7, 11) is 0. The van der Waals surface area contributed by atoms with E-state index in [4.69, 9.17) is 14.0 Å². The molecule has 2 heterocycles. The molecule has 0 saturated heterocycles. The standard InChI is InChI=1S/C19H18N2O4/c1-19(2,12-7-8-16-17(9-12)24-11-23-16)20-18(22)10-14-13-5-3-4-6-15(13)25-21-14/h3-9H,10-11H2,1-2H3,(H,20,22). The molecule has 0 unspecified atom stereocenters. The molecule has 0 fully saturated rings. The number of amides is 1. The van der Waals surface area contributed by atoms with Crippen molar-refractivity contribution in [1.82, 2.24) is 10.5 Å². The molecule has 0 atom stereocenters. The summed E-state index contributed by atoms with van der Waals surface area (Å²) < 4.78 is 16.0. The molecule has 4 rings (SSSR count). The Hall–Kier alpha value is -3.02. The van der Waals surface area contributed by atoms with E-state index in [9.17, 15) is 4.79 Å². The monoisotopic (exact) mass is 338 g/mol. The maximum absolute atomic E-state index is 12.5. The lowest BCUT2D eigenvalue weighted by molar-refractivity contribution is -0.122. The molecule has 1 amide bonds. The minimum absolute atomic E-state index is 0.123. The highest BCUT2D eigenvalue weighted by atomic mass is 16.7. The number of hydrogen-bond acceptors (Lipinski definition) is 5. The zero-order valence-corrected chi connectivity index (χ0v) is 14.0. The van der Waals surface area contributed by atoms with Crippen LogP contribution in [0.2, 0.25) is 0 Å². The number of aromatic nitrogens is 1. The highest BCUT2D eigenvalue weighted by Crippen LogP contribution is 2.35. The van der Waals surface area contributed by atoms with Gasteiger partial charge in [-0.2, -0.15) is 0 Å². The molecular formula is C19H18N2O4. The largest absolute Gasteiger partial charge is 0.454 e. The van der Waals surface area contributed by atoms with Gasteiger partial charge >= 0.3 is 0 Å². The van der Waals surface area contributed by atoms with Gasteiger partial charge in [0.15, 0.2) is 17.1 Å². The van der Waals surface area contributed by atoms with Crippen molar-refractivity contribution in [1.29, 1.82) is 0 Å². The summed E-state index contributed by atoms with van der Waals surface area (Å²) in [6.45, 7) is 4.12. The molecule has 25 heavy (non-hydrogen) atoms. The topological polar surface area (TPSA) is 73.6 Å². The lowest BCUT2D eigenvalue weighted by Crippen LogP contribution is -2.41. The predicted octanol–water partition coefficient (Wildman–Crippen LogP) is 3.15. The van der Waals surface area contributed by atoms with Crippen LogP contribution in [0.25, 0.3) is 11.0 Å². The number of fused-ring (bicyclic) bond motifs is 2. The number of carbonyl (C=O) groups is 1. The predicted molar refractivity (Wildman–Crippen MR) is 91.4 cm³/mol. The second-order valence-electron chi connectivity index (χ2n) is 6.54. The summed E-state index contributed by atoms with van der Waals surface area (Å²) in [5.41, 5.74) is 1.70. The zero-order valence-electron chi connectivity index (χ0n) is 14.0. The van der Waals surface area contributed by atoms with Crippen LogP contribution in [-0.4, -0.2) is 17.9 Å². The van der Waals surface area contributed by atoms with Crippen molar-refractivity contribution in [2.24, 2.45) is 0 Å². The molecule has 1 aliphatic heterocycles. The summed E-state index contributed by atoms with van der Waals surface area (Å²) in [4.78, 5) is 12.5. The van der Waals surface area contributed by atoms with Gasteiger partial charge in [0.2, 0.25) is 12.7 Å². The fourth-order valence-corrected chi connectivity index (χ4v) is 2.97. The Morgan fingerprint density at radius 1 is 1.16 bits per heavy atom. The van der Waals surface area contributed by atoms with Crippen LogP contribution >= 0.6 is 0 Å². The van der Waals surface area contributed by atoms with Crippen molar-refractivity contribution < 1.29 is 18.8 Å². The van der Waals surface area contributed by atoms with Crippen molar-refractivity contribution in [3.05, 3.63) is 53.7 Å². The Balaban J connectivity index is 1.51. The van der Waals surface area contributed by atoms with Crippen molar-refractivity contribution in [3.63, 3.8) is 0 Å². The Labute approximate surface area is 144 Å². The van der Waals surface area contributed by atoms with Crippen LogP contribution in [0.1, 0.15) is 25.1 Å². The van der Waals surface area contributed by atoms with Gasteiger partial charge in [0.25, 0.3) is 0 Å². The van der Waals surface area contributed by atoms with E-state index in [0.29, 0.717) is 17.0 Å². The van der Waals surface area contributed by atoms with Gasteiger partial charge in [0, 0.05) is 5.39 Å². The van der Waals surface area contributed by atoms with E-state index in [-0.39, 0.29) is 19.1 Å². The number of nitrogens with zero attached hydrogens (tertiary/aromatic N) is 1. The number of ether oxygens (including phenoxy) is 2. The second-order valence-corrected chi connectivity index (χ2v) is 6.54. The van der Waals surface area contributed by atoms with E-state index in [0.717, 1.165) is 16.7 Å². The summed E-state index contributed by atoms with van der Waals surface area (Å²) in [6.07, 6.45) is 0.158. The first-order chi connectivity index (χ1) is 12.0. The molecular weight excluding hydrogens is 320 g/mol. The van der Waals surface area contributed by atoms with Gasteiger partial charge in [-0.1, -0.05) is 23.4 Å². The van der Waals surface area contributed by atoms with Crippen molar-refractivity contribution in [3.8, 4) is 11.5 Å². The van der Waals surface area contributed by atoms with Crippen molar-refractivity contribution in [2.45, 2.75) is 25.8 Å². The van der Waals surface area contributed by atoms with Gasteiger partial charge in [-0.3, -0.25) is 4.79 Å². The first-order valence-electron chi connectivity index (χ1n) is 8.07. The minimum Gasteiger partial charge on any atom is -0.454 e. The third-order valence-electron chi connectivity index (χ3n) is 4.33. The smallest absolute Gasteiger partial charge is 0.231 e. The first kappa shape index (κ1) is 15.5. The van der Waals surface area contributed by atoms with Gasteiger partial charge in [-0.05, 0) is 43.7 Å². The lowest BCUT2D eigenvalue weighted by Gasteiger charge is -2.27. The molecule has 0 bridgehead atoms. The molecule has 1 aromatic heterocycles. The third-order valence-corrected chi connectivity index (χ3v) is 4.33. The molecule has 0 spiro atoms. The summed E-state index contributed by atoms with van der Waals surface area (Å²) in [6, 6.07) is 13.2. The maximum Gasteiger partial charge on any atom is 0.231 e. The first-order valence-corrected chi connectivity index (χ1v) is 8.07. The van der Waals surface area contributed by atoms with Gasteiger partial charge < -0.3 is 19.3 Å². The number of carbonyl (C=O) groups excluding carboxylic acids is 1. The van der Waals surface area contributed by atoms with Crippen LogP contribution < -0.4 is 14.8 Å². The number of hydrogen-bond donors (Lipinski definition) is 1. The van der Waals surface area contributed by atoms with Crippen LogP contribution in [-0.2, 0) is 16.8 Å². The molecule has 6 heteroatoms. The Kier molecular flexibility index (Phi) is 3.60. The number of rotatable bonds is 4. The highest BCUT2D eigenvalue weighted by molar-refractivity contribution is 5.86. The van der Waals surface area contributed by atoms with Gasteiger partial charge in [0.1, 0.15) is 5.69 Å². The van der Waals surface area contributed by atoms with Crippen LogP contribution in [0, 0.1) is 0 Å². The fourth-order valence-electron chi connectivity index (χ4n) is 2.97. The number of nitrogens with one attached hydrogen (secondary N) is 1. The molecule has 6 nitrogen and oxygen atoms in total. The summed E-state index contributed by atoms with van der Waals surface area (Å²) >= 11 is 0. The van der Waals surface area contributed by atoms with Crippen LogP contribution in [0.15, 0.2) is 47.0 Å². The van der Waals surface area contributed by atoms with E-state index in [1.165, 1.54) is 0 Å². The van der Waals surface area contributed by atoms with Crippen LogP contribution in [0.3, 0.4) is 0 Å². The van der Waals surface area contributed by atoms with E-state index in [1.807, 2.05) is 56.3 Å². The Morgan fingerprint density at radius 3 is 2.84 bits per heavy atom. The summed E-state index contributed by atoms with van der Waals surface area (Å²) in [5.74, 6) is 1.30. The number of benzene rings is 2. The van der Waals surface area contributed by atoms with Crippen molar-refractivity contribution >= 4 is 16.9 Å². The van der Waals surface area contributed by atoms with E-state index in [1.54, 1.807) is 0 Å². The number of para-hydroxylation sites is 1. The quantitative estimate of drug-likeness (QED) is 0.791. The van der Waals surface area contributed by atoms with E-state index >= 15 is 0 Å². The van der Waals surface area contributed by atoms with Gasteiger partial charge in [-0.25, -0.2) is 0 Å². The van der Waals surface area contributed by atoms with E-state index < -0.39 is 5.54 Å². The van der Waals surface area contributed by atoms with Gasteiger partial charge in [-0.15, -0.1) is 0 Å². The van der Waals surface area contributed by atoms with E-state index in [2.05, 4.69) is 10.5 Å². The summed E-state index contributed by atoms with van der Waals surface area (Å²) in [5, 5.41) is 7.92.